The zero-order valence-electron chi connectivity index (χ0n) is 14.1. The first-order valence-corrected chi connectivity index (χ1v) is 7.87. The molecule has 0 saturated heterocycles. The maximum Gasteiger partial charge on any atom is 0.416 e. The summed E-state index contributed by atoms with van der Waals surface area (Å²) in [5.74, 6) is 0.480. The van der Waals surface area contributed by atoms with Crippen molar-refractivity contribution < 1.29 is 22.7 Å². The Kier molecular flexibility index (Phi) is 5.30. The van der Waals surface area contributed by atoms with Crippen LogP contribution in [0.4, 0.5) is 29.3 Å². The van der Waals surface area contributed by atoms with Crippen molar-refractivity contribution in [2.45, 2.75) is 6.18 Å². The molecule has 3 aromatic rings. The molecule has 0 spiro atoms. The number of rotatable bonds is 4. The highest BCUT2D eigenvalue weighted by molar-refractivity contribution is 5.99. The van der Waals surface area contributed by atoms with Gasteiger partial charge < -0.3 is 20.4 Å². The van der Waals surface area contributed by atoms with Crippen LogP contribution in [0.1, 0.15) is 5.56 Å². The lowest BCUT2D eigenvalue weighted by atomic mass is 10.2. The number of ether oxygens (including phenoxy) is 1. The second-order valence-corrected chi connectivity index (χ2v) is 5.53. The standard InChI is InChI=1S/C18H13F3N4O3/c19-18(20,21)11-2-1-3-13(8-11)25-17(27)24-12-4-6-14(7-5-12)28-16-9-15(26)22-10-23-16/h1-10H,(H,22,23,26)(H2,24,25,27). The lowest BCUT2D eigenvalue weighted by Gasteiger charge is -2.11. The van der Waals surface area contributed by atoms with Crippen LogP contribution in [-0.4, -0.2) is 16.0 Å². The van der Waals surface area contributed by atoms with Gasteiger partial charge in [0.25, 0.3) is 5.56 Å². The molecule has 144 valence electrons. The van der Waals surface area contributed by atoms with Gasteiger partial charge >= 0.3 is 12.2 Å². The van der Waals surface area contributed by atoms with E-state index in [1.165, 1.54) is 48.8 Å². The summed E-state index contributed by atoms with van der Waals surface area (Å²) in [4.78, 5) is 29.4. The number of halogens is 3. The molecule has 1 aromatic heterocycles. The summed E-state index contributed by atoms with van der Waals surface area (Å²) in [5.41, 5.74) is -0.835. The fourth-order valence-electron chi connectivity index (χ4n) is 2.20. The van der Waals surface area contributed by atoms with Gasteiger partial charge in [0.1, 0.15) is 5.75 Å². The molecule has 0 radical (unpaired) electrons. The van der Waals surface area contributed by atoms with E-state index in [1.54, 1.807) is 0 Å². The Hall–Kier alpha value is -3.82. The topological polar surface area (TPSA) is 96.1 Å². The number of urea groups is 1. The number of hydrogen-bond donors (Lipinski definition) is 3. The predicted molar refractivity (Wildman–Crippen MR) is 95.5 cm³/mol. The second kappa shape index (κ2) is 7.82. The number of anilines is 2. The minimum Gasteiger partial charge on any atom is -0.439 e. The van der Waals surface area contributed by atoms with E-state index in [9.17, 15) is 22.8 Å². The molecule has 0 saturated carbocycles. The highest BCUT2D eigenvalue weighted by Crippen LogP contribution is 2.30. The highest BCUT2D eigenvalue weighted by Gasteiger charge is 2.30. The molecule has 0 aliphatic rings. The van der Waals surface area contributed by atoms with Crippen LogP contribution in [0, 0.1) is 0 Å². The van der Waals surface area contributed by atoms with Crippen molar-refractivity contribution in [2.24, 2.45) is 0 Å². The van der Waals surface area contributed by atoms with E-state index in [0.29, 0.717) is 11.4 Å². The quantitative estimate of drug-likeness (QED) is 0.621. The maximum atomic E-state index is 12.7. The molecule has 2 amide bonds. The third-order valence-corrected chi connectivity index (χ3v) is 3.44. The van der Waals surface area contributed by atoms with Crippen molar-refractivity contribution in [1.82, 2.24) is 9.97 Å². The highest BCUT2D eigenvalue weighted by atomic mass is 19.4. The number of alkyl halides is 3. The Labute approximate surface area is 156 Å². The van der Waals surface area contributed by atoms with Crippen LogP contribution >= 0.6 is 0 Å². The maximum absolute atomic E-state index is 12.7. The number of benzene rings is 2. The van der Waals surface area contributed by atoms with E-state index in [2.05, 4.69) is 20.6 Å². The van der Waals surface area contributed by atoms with Crippen LogP contribution in [0.3, 0.4) is 0 Å². The zero-order chi connectivity index (χ0) is 20.1. The lowest BCUT2D eigenvalue weighted by molar-refractivity contribution is -0.137. The molecule has 10 heteroatoms. The van der Waals surface area contributed by atoms with Crippen LogP contribution in [0.15, 0.2) is 65.7 Å². The van der Waals surface area contributed by atoms with Gasteiger partial charge in [-0.3, -0.25) is 4.79 Å². The molecule has 3 rings (SSSR count). The van der Waals surface area contributed by atoms with Gasteiger partial charge in [-0.25, -0.2) is 9.78 Å². The van der Waals surface area contributed by atoms with Crippen molar-refractivity contribution in [3.63, 3.8) is 0 Å². The molecule has 0 bridgehead atoms. The second-order valence-electron chi connectivity index (χ2n) is 5.53. The monoisotopic (exact) mass is 390 g/mol. The summed E-state index contributed by atoms with van der Waals surface area (Å²) >= 11 is 0. The lowest BCUT2D eigenvalue weighted by Crippen LogP contribution is -2.19. The fourth-order valence-corrected chi connectivity index (χ4v) is 2.20. The third-order valence-electron chi connectivity index (χ3n) is 3.44. The number of amides is 2. The molecule has 7 nitrogen and oxygen atoms in total. The summed E-state index contributed by atoms with van der Waals surface area (Å²) in [6.07, 6.45) is -3.30. The number of nitrogens with one attached hydrogen (secondary N) is 3. The smallest absolute Gasteiger partial charge is 0.416 e. The fraction of sp³-hybridized carbons (Fsp3) is 0.0556. The largest absolute Gasteiger partial charge is 0.439 e. The van der Waals surface area contributed by atoms with Crippen molar-refractivity contribution >= 4 is 17.4 Å². The van der Waals surface area contributed by atoms with Gasteiger partial charge in [-0.05, 0) is 42.5 Å². The normalized spacial score (nSPS) is 11.0. The Morgan fingerprint density at radius 1 is 1.00 bits per heavy atom. The molecule has 0 fully saturated rings. The molecule has 28 heavy (non-hydrogen) atoms. The molecule has 0 unspecified atom stereocenters. The molecular weight excluding hydrogens is 377 g/mol. The number of hydrogen-bond acceptors (Lipinski definition) is 4. The van der Waals surface area contributed by atoms with Crippen LogP contribution in [0.25, 0.3) is 0 Å². The third kappa shape index (κ3) is 5.10. The molecule has 2 aromatic carbocycles. The van der Waals surface area contributed by atoms with Crippen molar-refractivity contribution in [3.05, 3.63) is 76.8 Å². The van der Waals surface area contributed by atoms with E-state index in [4.69, 9.17) is 4.74 Å². The van der Waals surface area contributed by atoms with E-state index in [-0.39, 0.29) is 17.1 Å². The average molecular weight is 390 g/mol. The Morgan fingerprint density at radius 3 is 2.39 bits per heavy atom. The van der Waals surface area contributed by atoms with Gasteiger partial charge in [-0.1, -0.05) is 6.07 Å². The Bertz CT molecular complexity index is 1030. The molecule has 0 aliphatic heterocycles. The molecular formula is C18H13F3N4O3. The van der Waals surface area contributed by atoms with Crippen LogP contribution < -0.4 is 20.9 Å². The number of carbonyl (C=O) groups is 1. The summed E-state index contributed by atoms with van der Waals surface area (Å²) in [7, 11) is 0. The number of carbonyl (C=O) groups excluding carboxylic acids is 1. The van der Waals surface area contributed by atoms with E-state index in [0.717, 1.165) is 12.1 Å². The van der Waals surface area contributed by atoms with Crippen molar-refractivity contribution in [3.8, 4) is 11.6 Å². The average Bonchev–Trinajstić information content (AvgIpc) is 2.63. The van der Waals surface area contributed by atoms with Gasteiger partial charge in [0, 0.05) is 11.4 Å². The van der Waals surface area contributed by atoms with E-state index < -0.39 is 17.8 Å². The molecule has 0 aliphatic carbocycles. The first kappa shape index (κ1) is 19.0. The summed E-state index contributed by atoms with van der Waals surface area (Å²) in [6.45, 7) is 0. The van der Waals surface area contributed by atoms with E-state index >= 15 is 0 Å². The first-order valence-electron chi connectivity index (χ1n) is 7.87. The van der Waals surface area contributed by atoms with E-state index in [1.807, 2.05) is 0 Å². The van der Waals surface area contributed by atoms with Crippen LogP contribution in [0.2, 0.25) is 0 Å². The Morgan fingerprint density at radius 2 is 1.71 bits per heavy atom. The van der Waals surface area contributed by atoms with Gasteiger partial charge in [0.15, 0.2) is 0 Å². The van der Waals surface area contributed by atoms with Gasteiger partial charge in [0.05, 0.1) is 18.0 Å². The minimum absolute atomic E-state index is 0.00709. The number of nitrogens with zero attached hydrogens (tertiary/aromatic N) is 1. The summed E-state index contributed by atoms with van der Waals surface area (Å²) in [6, 6.07) is 10.9. The molecule has 3 N–H and O–H groups in total. The SMILES string of the molecule is O=C(Nc1ccc(Oc2cc(=O)[nH]cn2)cc1)Nc1cccc(C(F)(F)F)c1. The summed E-state index contributed by atoms with van der Waals surface area (Å²) in [5, 5.41) is 4.83. The molecule has 1 heterocycles. The van der Waals surface area contributed by atoms with Gasteiger partial charge in [0.2, 0.25) is 5.88 Å². The van der Waals surface area contributed by atoms with Crippen LogP contribution in [0.5, 0.6) is 11.6 Å². The van der Waals surface area contributed by atoms with Gasteiger partial charge in [-0.15, -0.1) is 0 Å². The zero-order valence-corrected chi connectivity index (χ0v) is 14.1. The number of aromatic nitrogens is 2. The van der Waals surface area contributed by atoms with Crippen LogP contribution in [-0.2, 0) is 6.18 Å². The van der Waals surface area contributed by atoms with Gasteiger partial charge in [-0.2, -0.15) is 13.2 Å². The van der Waals surface area contributed by atoms with Crippen molar-refractivity contribution in [2.75, 3.05) is 10.6 Å². The summed E-state index contributed by atoms with van der Waals surface area (Å²) < 4.78 is 43.5. The van der Waals surface area contributed by atoms with Crippen molar-refractivity contribution in [1.29, 1.82) is 0 Å². The Balaban J connectivity index is 1.61. The number of H-pyrrole nitrogens is 1. The minimum atomic E-state index is -4.50. The predicted octanol–water partition coefficient (Wildman–Crippen LogP) is 4.23. The number of aromatic amines is 1. The molecule has 0 atom stereocenters. The first-order chi connectivity index (χ1) is 13.3.